The fourth-order valence-electron chi connectivity index (χ4n) is 13.1. The van der Waals surface area contributed by atoms with Gasteiger partial charge in [-0.25, -0.2) is 0 Å². The van der Waals surface area contributed by atoms with E-state index in [1.54, 1.807) is 0 Å². The van der Waals surface area contributed by atoms with E-state index in [2.05, 4.69) is 246 Å². The van der Waals surface area contributed by atoms with E-state index >= 15 is 0 Å². The molecular weight excluding hydrogens is 829 g/mol. The Morgan fingerprint density at radius 3 is 1.70 bits per heavy atom. The van der Waals surface area contributed by atoms with Gasteiger partial charge < -0.3 is 0 Å². The van der Waals surface area contributed by atoms with Gasteiger partial charge in [0.15, 0.2) is 0 Å². The highest BCUT2D eigenvalue weighted by Gasteiger charge is 2.46. The average molecular weight is 899 g/mol. The monoisotopic (exact) mass is 899 g/mol. The van der Waals surface area contributed by atoms with Gasteiger partial charge in [-0.1, -0.05) is 246 Å². The van der Waals surface area contributed by atoms with Crippen LogP contribution in [0, 0.1) is 0 Å². The fourth-order valence-corrected chi connectivity index (χ4v) is 13.1. The second-order valence-electron chi connectivity index (χ2n) is 24.0. The molecule has 0 nitrogen and oxygen atoms in total. The number of rotatable bonds is 9. The number of aryl methyl sites for hydroxylation is 1. The third-order valence-corrected chi connectivity index (χ3v) is 17.2. The molecule has 0 aromatic heterocycles. The van der Waals surface area contributed by atoms with Crippen LogP contribution in [0.25, 0.3) is 44.5 Å². The lowest BCUT2D eigenvalue weighted by Crippen LogP contribution is -2.27. The molecule has 0 fully saturated rings. The molecule has 8 aromatic rings. The molecule has 0 heterocycles. The van der Waals surface area contributed by atoms with Crippen molar-refractivity contribution in [2.24, 2.45) is 0 Å². The van der Waals surface area contributed by atoms with Gasteiger partial charge in [0.25, 0.3) is 0 Å². The van der Waals surface area contributed by atoms with E-state index in [0.29, 0.717) is 5.92 Å². The second kappa shape index (κ2) is 16.2. The van der Waals surface area contributed by atoms with Crippen molar-refractivity contribution in [2.75, 3.05) is 0 Å². The summed E-state index contributed by atoms with van der Waals surface area (Å²) in [7, 11) is 0. The van der Waals surface area contributed by atoms with E-state index in [4.69, 9.17) is 0 Å². The molecule has 69 heavy (non-hydrogen) atoms. The van der Waals surface area contributed by atoms with Crippen molar-refractivity contribution in [3.63, 3.8) is 0 Å². The van der Waals surface area contributed by atoms with Crippen molar-refractivity contribution < 1.29 is 0 Å². The quantitative estimate of drug-likeness (QED) is 0.135. The first-order valence-electron chi connectivity index (χ1n) is 25.9. The smallest absolute Gasteiger partial charge is 0.0461 e. The molecular formula is C69H70. The predicted molar refractivity (Wildman–Crippen MR) is 294 cm³/mol. The first kappa shape index (κ1) is 45.2. The van der Waals surface area contributed by atoms with E-state index in [0.717, 1.165) is 25.7 Å². The van der Waals surface area contributed by atoms with E-state index in [1.807, 2.05) is 0 Å². The van der Waals surface area contributed by atoms with Crippen molar-refractivity contribution in [3.05, 3.63) is 237 Å². The zero-order valence-corrected chi connectivity index (χ0v) is 43.1. The normalized spacial score (nSPS) is 17.4. The van der Waals surface area contributed by atoms with E-state index in [9.17, 15) is 0 Å². The zero-order valence-electron chi connectivity index (χ0n) is 43.1. The molecule has 2 unspecified atom stereocenters. The number of hydrogen-bond acceptors (Lipinski definition) is 0. The Bertz CT molecular complexity index is 3280. The molecule has 0 bridgehead atoms. The first-order valence-corrected chi connectivity index (χ1v) is 25.9. The molecule has 11 rings (SSSR count). The van der Waals surface area contributed by atoms with Crippen LogP contribution in [0.5, 0.6) is 0 Å². The van der Waals surface area contributed by atoms with Crippen LogP contribution in [0.1, 0.15) is 162 Å². The van der Waals surface area contributed by atoms with Crippen LogP contribution in [-0.2, 0) is 39.9 Å². The number of hydrogen-bond donors (Lipinski definition) is 0. The summed E-state index contributed by atoms with van der Waals surface area (Å²) in [6.45, 7) is 26.3. The Balaban J connectivity index is 1.06. The van der Waals surface area contributed by atoms with Crippen molar-refractivity contribution in [1.82, 2.24) is 0 Å². The molecule has 8 aromatic carbocycles. The summed E-state index contributed by atoms with van der Waals surface area (Å²) in [6, 6.07) is 66.4. The standard InChI is InChI=1S/C69H70/c1-12-69(49-21-14-13-15-22-49)61-42-50(65(2,3)4)36-38-56(61)63-48(41-51(43-62(63)69)66(5,6)7)40-47(31-29-44-30-37-54-53-23-16-18-26-57(53)68(10,11)60(54)39-44)45-32-34-46(35-33-45)52-25-20-28-59-64(52)55-24-17-19-27-58(55)67(59,8)9/h13-28,30,32-39,41-43,47H,12,29,31,40H2,1-11H3. The average Bonchev–Trinajstić information content (AvgIpc) is 3.87. The zero-order chi connectivity index (χ0) is 48.3. The Morgan fingerprint density at radius 2 is 1.00 bits per heavy atom. The van der Waals surface area contributed by atoms with Crippen LogP contribution in [0.15, 0.2) is 170 Å². The van der Waals surface area contributed by atoms with Crippen LogP contribution in [0.4, 0.5) is 0 Å². The highest BCUT2D eigenvalue weighted by atomic mass is 14.5. The molecule has 0 aliphatic heterocycles. The summed E-state index contributed by atoms with van der Waals surface area (Å²) in [5.41, 5.74) is 28.0. The van der Waals surface area contributed by atoms with E-state index in [1.165, 1.54) is 111 Å². The lowest BCUT2D eigenvalue weighted by atomic mass is 9.68. The summed E-state index contributed by atoms with van der Waals surface area (Å²) in [5.74, 6) is 0.295. The maximum Gasteiger partial charge on any atom is 0.0461 e. The molecule has 0 saturated heterocycles. The molecule has 0 saturated carbocycles. The fraction of sp³-hybridized carbons (Fsp3) is 0.304. The third-order valence-electron chi connectivity index (χ3n) is 17.2. The summed E-state index contributed by atoms with van der Waals surface area (Å²) in [6.07, 6.45) is 4.02. The van der Waals surface area contributed by atoms with Gasteiger partial charge in [-0.15, -0.1) is 0 Å². The molecule has 2 atom stereocenters. The second-order valence-corrected chi connectivity index (χ2v) is 24.0. The minimum Gasteiger partial charge on any atom is -0.0639 e. The molecule has 0 radical (unpaired) electrons. The maximum absolute atomic E-state index is 2.61. The molecule has 3 aliphatic rings. The van der Waals surface area contributed by atoms with Gasteiger partial charge in [0.2, 0.25) is 0 Å². The van der Waals surface area contributed by atoms with Gasteiger partial charge in [0, 0.05) is 16.2 Å². The highest BCUT2D eigenvalue weighted by Crippen LogP contribution is 2.58. The minimum atomic E-state index is -0.252. The maximum atomic E-state index is 2.61. The van der Waals surface area contributed by atoms with Crippen molar-refractivity contribution in [2.45, 2.75) is 135 Å². The summed E-state index contributed by atoms with van der Waals surface area (Å²) in [5, 5.41) is 0. The van der Waals surface area contributed by atoms with Crippen LogP contribution >= 0.6 is 0 Å². The molecule has 0 N–H and O–H groups in total. The topological polar surface area (TPSA) is 0 Å². The van der Waals surface area contributed by atoms with Crippen molar-refractivity contribution >= 4 is 0 Å². The van der Waals surface area contributed by atoms with E-state index in [-0.39, 0.29) is 27.1 Å². The van der Waals surface area contributed by atoms with Gasteiger partial charge in [-0.05, 0) is 154 Å². The molecule has 0 spiro atoms. The van der Waals surface area contributed by atoms with Gasteiger partial charge in [-0.3, -0.25) is 0 Å². The van der Waals surface area contributed by atoms with Crippen LogP contribution in [0.3, 0.4) is 0 Å². The minimum absolute atomic E-state index is 0.0246. The first-order chi connectivity index (χ1) is 32.9. The van der Waals surface area contributed by atoms with Crippen molar-refractivity contribution in [3.8, 4) is 44.5 Å². The lowest BCUT2D eigenvalue weighted by molar-refractivity contribution is 0.568. The Hall–Kier alpha value is -6.24. The summed E-state index contributed by atoms with van der Waals surface area (Å²) >= 11 is 0. The van der Waals surface area contributed by atoms with Gasteiger partial charge in [-0.2, -0.15) is 0 Å². The Kier molecular flexibility index (Phi) is 10.6. The van der Waals surface area contributed by atoms with Crippen LogP contribution in [-0.4, -0.2) is 0 Å². The molecule has 346 valence electrons. The lowest BCUT2D eigenvalue weighted by Gasteiger charge is -2.34. The third kappa shape index (κ3) is 7.14. The van der Waals surface area contributed by atoms with Crippen LogP contribution in [0.2, 0.25) is 0 Å². The van der Waals surface area contributed by atoms with Gasteiger partial charge in [0.1, 0.15) is 0 Å². The van der Waals surface area contributed by atoms with Crippen LogP contribution < -0.4 is 0 Å². The van der Waals surface area contributed by atoms with E-state index < -0.39 is 0 Å². The number of benzene rings is 8. The van der Waals surface area contributed by atoms with Gasteiger partial charge in [0.05, 0.1) is 0 Å². The summed E-state index contributed by atoms with van der Waals surface area (Å²) < 4.78 is 0. The van der Waals surface area contributed by atoms with Crippen molar-refractivity contribution in [1.29, 1.82) is 0 Å². The molecule has 0 heteroatoms. The highest BCUT2D eigenvalue weighted by molar-refractivity contribution is 5.93. The molecule has 0 amide bonds. The largest absolute Gasteiger partial charge is 0.0639 e. The summed E-state index contributed by atoms with van der Waals surface area (Å²) in [4.78, 5) is 0. The Labute approximate surface area is 413 Å². The number of fused-ring (bicyclic) bond motifs is 9. The SMILES string of the molecule is CCC1(c2ccccc2)c2cc(C(C)(C)C)ccc2-c2c(CC(CCc3ccc4c(c3)C(C)(C)c3ccccc3-4)c3ccc(-c4cccc5c4-c4ccccc4C5(C)C)cc3)cc(C(C)(C)C)cc21. The van der Waals surface area contributed by atoms with Gasteiger partial charge >= 0.3 is 0 Å². The predicted octanol–water partition coefficient (Wildman–Crippen LogP) is 18.2. The Morgan fingerprint density at radius 1 is 0.435 bits per heavy atom. The molecule has 3 aliphatic carbocycles.